The first-order chi connectivity index (χ1) is 8.60. The van der Waals surface area contributed by atoms with Crippen molar-refractivity contribution in [2.75, 3.05) is 5.32 Å². The number of hydrogen-bond donors (Lipinski definition) is 1. The molecule has 0 radical (unpaired) electrons. The van der Waals surface area contributed by atoms with E-state index >= 15 is 0 Å². The van der Waals surface area contributed by atoms with Crippen molar-refractivity contribution in [2.24, 2.45) is 0 Å². The lowest BCUT2D eigenvalue weighted by atomic mass is 10.1. The van der Waals surface area contributed by atoms with Crippen molar-refractivity contribution in [3.8, 4) is 11.3 Å². The molecule has 2 aromatic rings. The Morgan fingerprint density at radius 3 is 2.50 bits per heavy atom. The van der Waals surface area contributed by atoms with Crippen molar-refractivity contribution < 1.29 is 0 Å². The quantitative estimate of drug-likeness (QED) is 0.866. The Hall–Kier alpha value is -1.35. The first-order valence-corrected chi connectivity index (χ1v) is 7.22. The average Bonchev–Trinajstić information content (AvgIpc) is 2.71. The minimum Gasteiger partial charge on any atom is -0.359 e. The van der Waals surface area contributed by atoms with Gasteiger partial charge in [-0.25, -0.2) is 4.98 Å². The zero-order chi connectivity index (χ0) is 13.1. The summed E-state index contributed by atoms with van der Waals surface area (Å²) in [5.74, 6) is 0. The van der Waals surface area contributed by atoms with Gasteiger partial charge in [0.1, 0.15) is 0 Å². The van der Waals surface area contributed by atoms with Gasteiger partial charge < -0.3 is 5.32 Å². The molecule has 0 unspecified atom stereocenters. The van der Waals surface area contributed by atoms with Gasteiger partial charge in [-0.1, -0.05) is 36.8 Å². The Morgan fingerprint density at radius 1 is 1.22 bits per heavy atom. The third kappa shape index (κ3) is 2.91. The van der Waals surface area contributed by atoms with E-state index in [9.17, 15) is 0 Å². The van der Waals surface area contributed by atoms with E-state index in [1.807, 2.05) is 0 Å². The van der Waals surface area contributed by atoms with Crippen LogP contribution in [-0.4, -0.2) is 11.0 Å². The lowest BCUT2D eigenvalue weighted by molar-refractivity contribution is 0.763. The SMILES string of the molecule is CC[C@@H](C)Nc1nc(-c2ccc(C)cc2)c(C)s1. The van der Waals surface area contributed by atoms with Crippen molar-refractivity contribution in [2.45, 2.75) is 40.2 Å². The number of anilines is 1. The third-order valence-electron chi connectivity index (χ3n) is 3.10. The third-order valence-corrected chi connectivity index (χ3v) is 4.01. The van der Waals surface area contributed by atoms with Crippen LogP contribution in [0.15, 0.2) is 24.3 Å². The summed E-state index contributed by atoms with van der Waals surface area (Å²) in [7, 11) is 0. The zero-order valence-electron chi connectivity index (χ0n) is 11.4. The van der Waals surface area contributed by atoms with Crippen LogP contribution in [0.5, 0.6) is 0 Å². The number of hydrogen-bond acceptors (Lipinski definition) is 3. The Kier molecular flexibility index (Phi) is 4.02. The van der Waals surface area contributed by atoms with Crippen LogP contribution in [-0.2, 0) is 0 Å². The van der Waals surface area contributed by atoms with Crippen LogP contribution in [0.25, 0.3) is 11.3 Å². The number of rotatable bonds is 4. The first kappa shape index (κ1) is 13.1. The number of aromatic nitrogens is 1. The lowest BCUT2D eigenvalue weighted by Gasteiger charge is -2.08. The number of thiazole rings is 1. The second kappa shape index (κ2) is 5.53. The largest absolute Gasteiger partial charge is 0.359 e. The summed E-state index contributed by atoms with van der Waals surface area (Å²) < 4.78 is 0. The molecule has 0 aliphatic rings. The van der Waals surface area contributed by atoms with Gasteiger partial charge in [0.05, 0.1) is 5.69 Å². The lowest BCUT2D eigenvalue weighted by Crippen LogP contribution is -2.12. The van der Waals surface area contributed by atoms with Crippen LogP contribution in [0.4, 0.5) is 5.13 Å². The molecular formula is C15H20N2S. The first-order valence-electron chi connectivity index (χ1n) is 6.41. The molecule has 0 amide bonds. The van der Waals surface area contributed by atoms with Crippen molar-refractivity contribution in [1.29, 1.82) is 0 Å². The molecule has 0 spiro atoms. The second-order valence-electron chi connectivity index (χ2n) is 4.74. The Labute approximate surface area is 113 Å². The summed E-state index contributed by atoms with van der Waals surface area (Å²) in [5, 5.41) is 4.47. The fourth-order valence-corrected chi connectivity index (χ4v) is 2.70. The monoisotopic (exact) mass is 260 g/mol. The topological polar surface area (TPSA) is 24.9 Å². The summed E-state index contributed by atoms with van der Waals surface area (Å²) in [6.07, 6.45) is 1.11. The molecule has 1 aromatic heterocycles. The van der Waals surface area contributed by atoms with Crippen LogP contribution < -0.4 is 5.32 Å². The fourth-order valence-electron chi connectivity index (χ4n) is 1.75. The minimum atomic E-state index is 0.474. The minimum absolute atomic E-state index is 0.474. The van der Waals surface area contributed by atoms with Crippen LogP contribution in [0.2, 0.25) is 0 Å². The molecular weight excluding hydrogens is 240 g/mol. The summed E-state index contributed by atoms with van der Waals surface area (Å²) in [6, 6.07) is 9.03. The molecule has 1 atom stereocenters. The summed E-state index contributed by atoms with van der Waals surface area (Å²) in [5.41, 5.74) is 3.59. The van der Waals surface area contributed by atoms with Crippen LogP contribution in [0.1, 0.15) is 30.7 Å². The van der Waals surface area contributed by atoms with Crippen molar-refractivity contribution in [1.82, 2.24) is 4.98 Å². The predicted octanol–water partition coefficient (Wildman–Crippen LogP) is 4.64. The number of nitrogens with one attached hydrogen (secondary N) is 1. The maximum atomic E-state index is 4.71. The molecule has 96 valence electrons. The van der Waals surface area contributed by atoms with Crippen molar-refractivity contribution >= 4 is 16.5 Å². The molecule has 2 rings (SSSR count). The van der Waals surface area contributed by atoms with Gasteiger partial charge in [-0.05, 0) is 27.2 Å². The molecule has 0 saturated carbocycles. The normalized spacial score (nSPS) is 12.4. The Bertz CT molecular complexity index is 514. The van der Waals surface area contributed by atoms with E-state index in [0.29, 0.717) is 6.04 Å². The number of benzene rings is 1. The molecule has 1 aromatic carbocycles. The number of nitrogens with zero attached hydrogens (tertiary/aromatic N) is 1. The number of aryl methyl sites for hydroxylation is 2. The standard InChI is InChI=1S/C15H20N2S/c1-5-11(3)16-15-17-14(12(4)18-15)13-8-6-10(2)7-9-13/h6-9,11H,5H2,1-4H3,(H,16,17)/t11-/m1/s1. The molecule has 0 saturated heterocycles. The predicted molar refractivity (Wildman–Crippen MR) is 80.4 cm³/mol. The highest BCUT2D eigenvalue weighted by atomic mass is 32.1. The van der Waals surface area contributed by atoms with Gasteiger partial charge in [0.15, 0.2) is 5.13 Å². The maximum Gasteiger partial charge on any atom is 0.183 e. The van der Waals surface area contributed by atoms with Crippen molar-refractivity contribution in [3.05, 3.63) is 34.7 Å². The van der Waals surface area contributed by atoms with Gasteiger partial charge in [-0.2, -0.15) is 0 Å². The summed E-state index contributed by atoms with van der Waals surface area (Å²) in [6.45, 7) is 8.60. The molecule has 1 N–H and O–H groups in total. The smallest absolute Gasteiger partial charge is 0.183 e. The molecule has 0 fully saturated rings. The van der Waals surface area contributed by atoms with E-state index in [4.69, 9.17) is 4.98 Å². The molecule has 3 heteroatoms. The van der Waals surface area contributed by atoms with Gasteiger partial charge in [0.25, 0.3) is 0 Å². The second-order valence-corrected chi connectivity index (χ2v) is 5.95. The van der Waals surface area contributed by atoms with E-state index in [2.05, 4.69) is 57.3 Å². The average molecular weight is 260 g/mol. The van der Waals surface area contributed by atoms with Crippen LogP contribution in [0.3, 0.4) is 0 Å². The van der Waals surface area contributed by atoms with Gasteiger partial charge in [-0.3, -0.25) is 0 Å². The van der Waals surface area contributed by atoms with Gasteiger partial charge >= 0.3 is 0 Å². The molecule has 18 heavy (non-hydrogen) atoms. The molecule has 0 bridgehead atoms. The van der Waals surface area contributed by atoms with Gasteiger partial charge in [0, 0.05) is 16.5 Å². The Morgan fingerprint density at radius 2 is 1.89 bits per heavy atom. The summed E-state index contributed by atoms with van der Waals surface area (Å²) in [4.78, 5) is 5.97. The van der Waals surface area contributed by atoms with E-state index < -0.39 is 0 Å². The maximum absolute atomic E-state index is 4.71. The highest BCUT2D eigenvalue weighted by Crippen LogP contribution is 2.30. The van der Waals surface area contributed by atoms with E-state index in [0.717, 1.165) is 17.2 Å². The van der Waals surface area contributed by atoms with E-state index in [1.165, 1.54) is 16.0 Å². The van der Waals surface area contributed by atoms with E-state index in [1.54, 1.807) is 11.3 Å². The molecule has 0 aliphatic heterocycles. The molecule has 1 heterocycles. The highest BCUT2D eigenvalue weighted by Gasteiger charge is 2.10. The summed E-state index contributed by atoms with van der Waals surface area (Å²) >= 11 is 1.73. The Balaban J connectivity index is 2.26. The van der Waals surface area contributed by atoms with E-state index in [-0.39, 0.29) is 0 Å². The van der Waals surface area contributed by atoms with Gasteiger partial charge in [0.2, 0.25) is 0 Å². The fraction of sp³-hybridized carbons (Fsp3) is 0.400. The van der Waals surface area contributed by atoms with Crippen LogP contribution in [0, 0.1) is 13.8 Å². The van der Waals surface area contributed by atoms with Crippen LogP contribution >= 0.6 is 11.3 Å². The van der Waals surface area contributed by atoms with Gasteiger partial charge in [-0.15, -0.1) is 11.3 Å². The zero-order valence-corrected chi connectivity index (χ0v) is 12.3. The highest BCUT2D eigenvalue weighted by molar-refractivity contribution is 7.16. The molecule has 2 nitrogen and oxygen atoms in total. The molecule has 0 aliphatic carbocycles. The van der Waals surface area contributed by atoms with Crippen molar-refractivity contribution in [3.63, 3.8) is 0 Å².